The van der Waals surface area contributed by atoms with Crippen LogP contribution in [-0.4, -0.2) is 57.6 Å². The zero-order chi connectivity index (χ0) is 32.3. The molecule has 0 bridgehead atoms. The lowest BCUT2D eigenvalue weighted by Gasteiger charge is -2.22. The Labute approximate surface area is 256 Å². The Kier molecular flexibility index (Phi) is 11.9. The highest BCUT2D eigenvalue weighted by atomic mass is 32.2. The molecule has 0 aliphatic rings. The molecule has 3 aromatic rings. The Hall–Kier alpha value is -4.37. The van der Waals surface area contributed by atoms with Gasteiger partial charge in [0.15, 0.2) is 0 Å². The minimum Gasteiger partial charge on any atom is -0.444 e. The number of ether oxygens (including phenoxy) is 2. The Morgan fingerprint density at radius 3 is 2.39 bits per heavy atom. The minimum absolute atomic E-state index is 0.00612. The first-order valence-corrected chi connectivity index (χ1v) is 14.3. The summed E-state index contributed by atoms with van der Waals surface area (Å²) in [6.07, 6.45) is -2.28. The van der Waals surface area contributed by atoms with Crippen molar-refractivity contribution in [3.63, 3.8) is 0 Å². The highest BCUT2D eigenvalue weighted by molar-refractivity contribution is 7.98. The van der Waals surface area contributed by atoms with Gasteiger partial charge in [0.25, 0.3) is 5.91 Å². The zero-order valence-electron chi connectivity index (χ0n) is 24.1. The Morgan fingerprint density at radius 1 is 1.00 bits per heavy atom. The molecule has 0 aliphatic carbocycles. The molecule has 0 unspecified atom stereocenters. The van der Waals surface area contributed by atoms with E-state index in [-0.39, 0.29) is 36.6 Å². The molecule has 3 amide bonds. The number of alkyl carbamates (subject to hydrolysis) is 1. The molecule has 0 spiro atoms. The smallest absolute Gasteiger partial charge is 0.444 e. The van der Waals surface area contributed by atoms with Gasteiger partial charge in [-0.3, -0.25) is 9.59 Å². The minimum atomic E-state index is -4.82. The van der Waals surface area contributed by atoms with E-state index in [9.17, 15) is 32.7 Å². The number of nitrogens with zero attached hydrogens (tertiary/aromatic N) is 2. The molecule has 11 nitrogen and oxygen atoms in total. The normalized spacial score (nSPS) is 12.2. The number of hydrogen-bond acceptors (Lipinski definition) is 9. The molecule has 1 atom stereocenters. The first-order chi connectivity index (χ1) is 20.7. The van der Waals surface area contributed by atoms with E-state index in [1.807, 2.05) is 0 Å². The number of carbonyl (C=O) groups excluding carboxylic acids is 3. The van der Waals surface area contributed by atoms with Crippen LogP contribution in [0.15, 0.2) is 66.0 Å². The highest BCUT2D eigenvalue weighted by Crippen LogP contribution is 2.27. The van der Waals surface area contributed by atoms with Gasteiger partial charge in [-0.1, -0.05) is 0 Å². The van der Waals surface area contributed by atoms with Crippen LogP contribution in [0.2, 0.25) is 0 Å². The summed E-state index contributed by atoms with van der Waals surface area (Å²) >= 11 is 1.26. The molecule has 0 fully saturated rings. The fourth-order valence-electron chi connectivity index (χ4n) is 3.60. The summed E-state index contributed by atoms with van der Waals surface area (Å²) in [4.78, 5) is 45.8. The molecule has 236 valence electrons. The van der Waals surface area contributed by atoms with Crippen LogP contribution in [-0.2, 0) is 15.3 Å². The summed E-state index contributed by atoms with van der Waals surface area (Å²) in [6, 6.07) is 10.7. The van der Waals surface area contributed by atoms with Crippen molar-refractivity contribution in [2.24, 2.45) is 0 Å². The van der Waals surface area contributed by atoms with E-state index in [4.69, 9.17) is 4.74 Å². The molecular formula is C29H32F3N5O6S. The maximum atomic E-state index is 12.9. The quantitative estimate of drug-likeness (QED) is 0.189. The standard InChI is InChI=1S/C29H32F3N5O6S/c1-28(2,3)43-27(41)36-20(16-38)8-11-24(39)37-23-15-18(12-14-33-23)17-44-26-22(5-4-13-34-26)25(40)35-19-6-9-21(10-7-19)42-29(30,31)32/h4-7,9-10,12-15,20,38H,8,11,16-17H2,1-3H3,(H,35,40)(H,36,41)(H,33,37,39)/t20-/m0/s1. The SMILES string of the molecule is CC(C)(C)OC(=O)N[C@H](CO)CCC(=O)Nc1cc(CSc2ncccc2C(=O)Nc2ccc(OC(F)(F)F)cc2)ccn1. The number of aromatic nitrogens is 2. The number of amides is 3. The van der Waals surface area contributed by atoms with Crippen LogP contribution >= 0.6 is 11.8 Å². The van der Waals surface area contributed by atoms with Crippen molar-refractivity contribution < 1.29 is 42.1 Å². The van der Waals surface area contributed by atoms with Gasteiger partial charge in [0.05, 0.1) is 18.2 Å². The summed E-state index contributed by atoms with van der Waals surface area (Å²) in [5.41, 5.74) is 0.603. The molecule has 0 aliphatic heterocycles. The van der Waals surface area contributed by atoms with Gasteiger partial charge in [-0.25, -0.2) is 14.8 Å². The number of aliphatic hydroxyl groups excluding tert-OH is 1. The fourth-order valence-corrected chi connectivity index (χ4v) is 4.53. The van der Waals surface area contributed by atoms with E-state index in [1.54, 1.807) is 45.0 Å². The number of carbonyl (C=O) groups is 3. The second-order valence-electron chi connectivity index (χ2n) is 10.3. The van der Waals surface area contributed by atoms with Crippen LogP contribution in [0.1, 0.15) is 49.5 Å². The van der Waals surface area contributed by atoms with E-state index in [1.165, 1.54) is 36.3 Å². The van der Waals surface area contributed by atoms with Gasteiger partial charge in [0.2, 0.25) is 5.91 Å². The third-order valence-electron chi connectivity index (χ3n) is 5.49. The molecule has 0 saturated heterocycles. The number of aliphatic hydroxyl groups is 1. The lowest BCUT2D eigenvalue weighted by atomic mass is 10.1. The van der Waals surface area contributed by atoms with Crippen molar-refractivity contribution >= 4 is 41.2 Å². The molecule has 3 rings (SSSR count). The third kappa shape index (κ3) is 12.1. The van der Waals surface area contributed by atoms with Crippen molar-refractivity contribution in [3.8, 4) is 5.75 Å². The van der Waals surface area contributed by atoms with Gasteiger partial charge in [0.1, 0.15) is 22.2 Å². The summed E-state index contributed by atoms with van der Waals surface area (Å²) in [5, 5.41) is 17.8. The van der Waals surface area contributed by atoms with Crippen molar-refractivity contribution in [3.05, 3.63) is 72.1 Å². The van der Waals surface area contributed by atoms with Crippen molar-refractivity contribution in [1.82, 2.24) is 15.3 Å². The van der Waals surface area contributed by atoms with Gasteiger partial charge >= 0.3 is 12.5 Å². The maximum absolute atomic E-state index is 12.9. The number of halogens is 3. The van der Waals surface area contributed by atoms with Gasteiger partial charge < -0.3 is 30.5 Å². The largest absolute Gasteiger partial charge is 0.573 e. The summed E-state index contributed by atoms with van der Waals surface area (Å²) in [6.45, 7) is 4.78. The number of alkyl halides is 3. The van der Waals surface area contributed by atoms with E-state index >= 15 is 0 Å². The van der Waals surface area contributed by atoms with Crippen LogP contribution in [0.3, 0.4) is 0 Å². The van der Waals surface area contributed by atoms with Crippen molar-refractivity contribution in [2.75, 3.05) is 17.2 Å². The number of nitrogens with one attached hydrogen (secondary N) is 3. The van der Waals surface area contributed by atoms with E-state index in [0.717, 1.165) is 17.7 Å². The number of pyridine rings is 2. The second-order valence-corrected chi connectivity index (χ2v) is 11.3. The number of rotatable bonds is 12. The fraction of sp³-hybridized carbons (Fsp3) is 0.345. The topological polar surface area (TPSA) is 152 Å². The number of hydrogen-bond donors (Lipinski definition) is 4. The highest BCUT2D eigenvalue weighted by Gasteiger charge is 2.31. The van der Waals surface area contributed by atoms with Crippen LogP contribution in [0.25, 0.3) is 0 Å². The third-order valence-corrected chi connectivity index (χ3v) is 6.57. The maximum Gasteiger partial charge on any atom is 0.573 e. The zero-order valence-corrected chi connectivity index (χ0v) is 24.9. The average molecular weight is 636 g/mol. The Bertz CT molecular complexity index is 1430. The van der Waals surface area contributed by atoms with Gasteiger partial charge in [-0.05, 0) is 81.3 Å². The summed E-state index contributed by atoms with van der Waals surface area (Å²) < 4.78 is 46.2. The molecule has 44 heavy (non-hydrogen) atoms. The number of anilines is 2. The predicted octanol–water partition coefficient (Wildman–Crippen LogP) is 5.52. The van der Waals surface area contributed by atoms with Crippen LogP contribution in [0.4, 0.5) is 29.5 Å². The van der Waals surface area contributed by atoms with E-state index in [0.29, 0.717) is 16.6 Å². The van der Waals surface area contributed by atoms with Gasteiger partial charge in [-0.2, -0.15) is 0 Å². The molecule has 1 aromatic carbocycles. The van der Waals surface area contributed by atoms with Crippen LogP contribution in [0, 0.1) is 0 Å². The van der Waals surface area contributed by atoms with E-state index < -0.39 is 35.8 Å². The molecule has 4 N–H and O–H groups in total. The average Bonchev–Trinajstić information content (AvgIpc) is 2.94. The Balaban J connectivity index is 1.54. The van der Waals surface area contributed by atoms with Crippen LogP contribution in [0.5, 0.6) is 5.75 Å². The van der Waals surface area contributed by atoms with Crippen molar-refractivity contribution in [1.29, 1.82) is 0 Å². The molecule has 15 heteroatoms. The van der Waals surface area contributed by atoms with Crippen LogP contribution < -0.4 is 20.7 Å². The monoisotopic (exact) mass is 635 g/mol. The lowest BCUT2D eigenvalue weighted by molar-refractivity contribution is -0.274. The molecular weight excluding hydrogens is 603 g/mol. The van der Waals surface area contributed by atoms with E-state index in [2.05, 4.69) is 30.7 Å². The Morgan fingerprint density at radius 2 is 1.73 bits per heavy atom. The molecule has 2 heterocycles. The molecule has 2 aromatic heterocycles. The van der Waals surface area contributed by atoms with Crippen molar-refractivity contribution in [2.45, 2.75) is 62.4 Å². The van der Waals surface area contributed by atoms with Gasteiger partial charge in [0, 0.05) is 30.3 Å². The summed E-state index contributed by atoms with van der Waals surface area (Å²) in [7, 11) is 0. The number of benzene rings is 1. The van der Waals surface area contributed by atoms with Gasteiger partial charge in [-0.15, -0.1) is 24.9 Å². The second kappa shape index (κ2) is 15.4. The molecule has 0 radical (unpaired) electrons. The summed E-state index contributed by atoms with van der Waals surface area (Å²) in [5.74, 6) is -0.613. The first-order valence-electron chi connectivity index (χ1n) is 13.3. The predicted molar refractivity (Wildman–Crippen MR) is 157 cm³/mol. The first kappa shape index (κ1) is 34.1. The molecule has 0 saturated carbocycles. The number of thioether (sulfide) groups is 1. The lowest BCUT2D eigenvalue weighted by Crippen LogP contribution is -2.41.